The smallest absolute Gasteiger partial charge is 0.224 e. The molecule has 3 N–H and O–H groups in total. The van der Waals surface area contributed by atoms with E-state index in [4.69, 9.17) is 17.3 Å². The Hall–Kier alpha value is -1.21. The molecule has 0 bridgehead atoms. The van der Waals surface area contributed by atoms with E-state index in [1.54, 1.807) is 0 Å². The van der Waals surface area contributed by atoms with Crippen LogP contribution >= 0.6 is 11.6 Å². The maximum Gasteiger partial charge on any atom is 0.224 e. The topological polar surface area (TPSA) is 98.0 Å². The van der Waals surface area contributed by atoms with Gasteiger partial charge in [0.2, 0.25) is 11.9 Å². The highest BCUT2D eigenvalue weighted by atomic mass is 35.5. The first-order valence-electron chi connectivity index (χ1n) is 6.39. The van der Waals surface area contributed by atoms with E-state index in [9.17, 15) is 9.00 Å². The molecule has 0 radical (unpaired) electrons. The fraction of sp³-hybridized carbons (Fsp3) is 0.583. The van der Waals surface area contributed by atoms with Crippen LogP contribution in [-0.2, 0) is 15.6 Å². The quantitative estimate of drug-likeness (QED) is 0.816. The molecule has 0 saturated heterocycles. The van der Waals surface area contributed by atoms with E-state index in [0.29, 0.717) is 17.4 Å². The van der Waals surface area contributed by atoms with Gasteiger partial charge in [0.1, 0.15) is 0 Å². The van der Waals surface area contributed by atoms with Crippen molar-refractivity contribution in [1.82, 2.24) is 9.97 Å². The summed E-state index contributed by atoms with van der Waals surface area (Å²) in [6, 6.07) is 0.0977. The van der Waals surface area contributed by atoms with E-state index in [-0.39, 0.29) is 22.9 Å². The van der Waals surface area contributed by atoms with Crippen LogP contribution in [0.5, 0.6) is 0 Å². The third-order valence-electron chi connectivity index (χ3n) is 3.39. The highest BCUT2D eigenvalue weighted by molar-refractivity contribution is 7.84. The Morgan fingerprint density at radius 3 is 2.95 bits per heavy atom. The Labute approximate surface area is 125 Å². The summed E-state index contributed by atoms with van der Waals surface area (Å²) in [6.45, 7) is 0. The predicted octanol–water partition coefficient (Wildman–Crippen LogP) is 1.32. The molecule has 110 valence electrons. The summed E-state index contributed by atoms with van der Waals surface area (Å²) >= 11 is 5.89. The van der Waals surface area contributed by atoms with Gasteiger partial charge in [0.25, 0.3) is 0 Å². The Balaban J connectivity index is 2.08. The average molecular weight is 317 g/mol. The summed E-state index contributed by atoms with van der Waals surface area (Å²) in [4.78, 5) is 19.5. The molecule has 1 saturated carbocycles. The summed E-state index contributed by atoms with van der Waals surface area (Å²) in [7, 11) is -1.27. The molecule has 1 aliphatic rings. The van der Waals surface area contributed by atoms with Crippen molar-refractivity contribution in [2.24, 2.45) is 11.7 Å². The zero-order chi connectivity index (χ0) is 14.7. The SMILES string of the molecule is CS(=O)c1nc(N[C@@H]2CCC[C@H](C(N)=O)C2)ncc1Cl. The molecule has 1 heterocycles. The Bertz CT molecular complexity index is 540. The number of aromatic nitrogens is 2. The number of hydrogen-bond acceptors (Lipinski definition) is 5. The number of nitrogens with one attached hydrogen (secondary N) is 1. The van der Waals surface area contributed by atoms with Gasteiger partial charge in [0.15, 0.2) is 5.03 Å². The highest BCUT2D eigenvalue weighted by Gasteiger charge is 2.26. The number of carbonyl (C=O) groups is 1. The van der Waals surface area contributed by atoms with E-state index in [2.05, 4.69) is 15.3 Å². The summed E-state index contributed by atoms with van der Waals surface area (Å²) in [5.41, 5.74) is 5.35. The van der Waals surface area contributed by atoms with Gasteiger partial charge in [-0.25, -0.2) is 9.97 Å². The molecule has 1 amide bonds. The second kappa shape index (κ2) is 6.49. The predicted molar refractivity (Wildman–Crippen MR) is 77.9 cm³/mol. The summed E-state index contributed by atoms with van der Waals surface area (Å²) in [6.07, 6.45) is 6.32. The molecule has 1 aromatic heterocycles. The summed E-state index contributed by atoms with van der Waals surface area (Å²) in [5.74, 6) is 0.0203. The van der Waals surface area contributed by atoms with Gasteiger partial charge in [-0.3, -0.25) is 9.00 Å². The number of rotatable bonds is 4. The number of anilines is 1. The highest BCUT2D eigenvalue weighted by Crippen LogP contribution is 2.26. The van der Waals surface area contributed by atoms with Crippen LogP contribution in [0, 0.1) is 5.92 Å². The maximum absolute atomic E-state index is 11.5. The van der Waals surface area contributed by atoms with Crippen LogP contribution in [0.3, 0.4) is 0 Å². The zero-order valence-corrected chi connectivity index (χ0v) is 12.7. The first-order chi connectivity index (χ1) is 9.47. The van der Waals surface area contributed by atoms with Gasteiger partial charge >= 0.3 is 0 Å². The second-order valence-corrected chi connectivity index (χ2v) is 6.61. The molecule has 0 aromatic carbocycles. The molecule has 0 aliphatic heterocycles. The lowest BCUT2D eigenvalue weighted by atomic mass is 9.85. The van der Waals surface area contributed by atoms with Gasteiger partial charge in [0, 0.05) is 18.2 Å². The minimum atomic E-state index is -1.27. The van der Waals surface area contributed by atoms with E-state index in [0.717, 1.165) is 19.3 Å². The van der Waals surface area contributed by atoms with Gasteiger partial charge < -0.3 is 11.1 Å². The molecular weight excluding hydrogens is 300 g/mol. The van der Waals surface area contributed by atoms with Crippen molar-refractivity contribution >= 4 is 34.3 Å². The summed E-state index contributed by atoms with van der Waals surface area (Å²) in [5, 5.41) is 3.76. The number of carbonyl (C=O) groups excluding carboxylic acids is 1. The molecule has 1 fully saturated rings. The first-order valence-corrected chi connectivity index (χ1v) is 8.32. The number of amides is 1. The molecular formula is C12H17ClN4O2S. The van der Waals surface area contributed by atoms with Crippen molar-refractivity contribution in [1.29, 1.82) is 0 Å². The standard InChI is InChI=1S/C12H17ClN4O2S/c1-20(19)11-9(13)6-15-12(17-11)16-8-4-2-3-7(5-8)10(14)18/h6-8H,2-5H2,1H3,(H2,14,18)(H,15,16,17)/t7-,8+,20?/m0/s1. The van der Waals surface area contributed by atoms with Crippen molar-refractivity contribution in [2.45, 2.75) is 36.8 Å². The largest absolute Gasteiger partial charge is 0.369 e. The Kier molecular flexibility index (Phi) is 4.93. The maximum atomic E-state index is 11.5. The lowest BCUT2D eigenvalue weighted by molar-refractivity contribution is -0.122. The van der Waals surface area contributed by atoms with Crippen LogP contribution in [0.1, 0.15) is 25.7 Å². The lowest BCUT2D eigenvalue weighted by Crippen LogP contribution is -2.34. The van der Waals surface area contributed by atoms with E-state index in [1.807, 2.05) is 0 Å². The Morgan fingerprint density at radius 1 is 1.55 bits per heavy atom. The van der Waals surface area contributed by atoms with Crippen LogP contribution in [0.2, 0.25) is 5.02 Å². The van der Waals surface area contributed by atoms with Crippen LogP contribution < -0.4 is 11.1 Å². The average Bonchev–Trinajstić information content (AvgIpc) is 2.41. The molecule has 1 unspecified atom stereocenters. The molecule has 3 atom stereocenters. The second-order valence-electron chi connectivity index (χ2n) is 4.91. The number of halogens is 1. The third-order valence-corrected chi connectivity index (χ3v) is 4.64. The normalized spacial score (nSPS) is 24.1. The van der Waals surface area contributed by atoms with Crippen LogP contribution in [0.25, 0.3) is 0 Å². The summed E-state index contributed by atoms with van der Waals surface area (Å²) < 4.78 is 11.5. The Morgan fingerprint density at radius 2 is 2.30 bits per heavy atom. The number of nitrogens with two attached hydrogens (primary N) is 1. The van der Waals surface area contributed by atoms with Gasteiger partial charge in [-0.1, -0.05) is 18.0 Å². The van der Waals surface area contributed by atoms with Gasteiger partial charge in [-0.2, -0.15) is 0 Å². The fourth-order valence-electron chi connectivity index (χ4n) is 2.38. The van der Waals surface area contributed by atoms with E-state index < -0.39 is 10.8 Å². The van der Waals surface area contributed by atoms with Gasteiger partial charge in [0.05, 0.1) is 22.0 Å². The van der Waals surface area contributed by atoms with Gasteiger partial charge in [-0.05, 0) is 19.3 Å². The number of nitrogens with zero attached hydrogens (tertiary/aromatic N) is 2. The fourth-order valence-corrected chi connectivity index (χ4v) is 3.34. The van der Waals surface area contributed by atoms with E-state index in [1.165, 1.54) is 12.5 Å². The van der Waals surface area contributed by atoms with Crippen molar-refractivity contribution < 1.29 is 9.00 Å². The molecule has 1 aliphatic carbocycles. The lowest BCUT2D eigenvalue weighted by Gasteiger charge is -2.27. The van der Waals surface area contributed by atoms with Crippen molar-refractivity contribution in [3.8, 4) is 0 Å². The van der Waals surface area contributed by atoms with Crippen molar-refractivity contribution in [3.05, 3.63) is 11.2 Å². The molecule has 2 rings (SSSR count). The number of hydrogen-bond donors (Lipinski definition) is 2. The minimum absolute atomic E-state index is 0.0977. The number of primary amides is 1. The first kappa shape index (κ1) is 15.2. The molecule has 8 heteroatoms. The molecule has 1 aromatic rings. The van der Waals surface area contributed by atoms with Crippen LogP contribution in [-0.4, -0.2) is 32.4 Å². The minimum Gasteiger partial charge on any atom is -0.369 e. The monoisotopic (exact) mass is 316 g/mol. The van der Waals surface area contributed by atoms with Crippen molar-refractivity contribution in [2.75, 3.05) is 11.6 Å². The van der Waals surface area contributed by atoms with Gasteiger partial charge in [-0.15, -0.1) is 0 Å². The third kappa shape index (κ3) is 3.67. The molecule has 20 heavy (non-hydrogen) atoms. The van der Waals surface area contributed by atoms with Crippen LogP contribution in [0.15, 0.2) is 11.2 Å². The van der Waals surface area contributed by atoms with Crippen LogP contribution in [0.4, 0.5) is 5.95 Å². The van der Waals surface area contributed by atoms with Crippen molar-refractivity contribution in [3.63, 3.8) is 0 Å². The molecule has 0 spiro atoms. The molecule has 6 nitrogen and oxygen atoms in total. The van der Waals surface area contributed by atoms with E-state index >= 15 is 0 Å². The zero-order valence-electron chi connectivity index (χ0n) is 11.1.